The van der Waals surface area contributed by atoms with E-state index in [4.69, 9.17) is 10.00 Å². The molecule has 0 saturated carbocycles. The largest absolute Gasteiger partial charge is 0.497 e. The minimum absolute atomic E-state index is 0.0322. The summed E-state index contributed by atoms with van der Waals surface area (Å²) >= 11 is 0. The Kier molecular flexibility index (Phi) is 7.26. The van der Waals surface area contributed by atoms with Crippen LogP contribution in [0.4, 0.5) is 0 Å². The molecule has 1 amide bonds. The highest BCUT2D eigenvalue weighted by atomic mass is 32.2. The average molecular weight is 451 g/mol. The molecule has 0 aliphatic carbocycles. The van der Waals surface area contributed by atoms with E-state index in [0.29, 0.717) is 29.8 Å². The number of ether oxygens (including phenoxy) is 1. The fraction of sp³-hybridized carbons (Fsp3) is 0.261. The lowest BCUT2D eigenvalue weighted by molar-refractivity contribution is -0.117. The molecule has 0 spiro atoms. The Morgan fingerprint density at radius 3 is 2.47 bits per heavy atom. The smallest absolute Gasteiger partial charge is 0.261 e. The molecule has 164 valence electrons. The molecule has 0 bridgehead atoms. The SMILES string of the molecule is COc1ccc(/C=C(\C#N)C(=O)NC[C@H]2CCN(S(=O)(=O)c3ccc(C#N)cc3)C2)cc1. The lowest BCUT2D eigenvalue weighted by Crippen LogP contribution is -2.33. The van der Waals surface area contributed by atoms with Crippen LogP contribution < -0.4 is 10.1 Å². The van der Waals surface area contributed by atoms with Crippen molar-refractivity contribution in [3.8, 4) is 17.9 Å². The van der Waals surface area contributed by atoms with Gasteiger partial charge in [-0.25, -0.2) is 8.42 Å². The summed E-state index contributed by atoms with van der Waals surface area (Å²) in [4.78, 5) is 12.6. The molecule has 3 rings (SSSR count). The molecule has 2 aromatic rings. The number of amides is 1. The van der Waals surface area contributed by atoms with Crippen LogP contribution in [0.25, 0.3) is 6.08 Å². The lowest BCUT2D eigenvalue weighted by Gasteiger charge is -2.17. The zero-order valence-corrected chi connectivity index (χ0v) is 18.3. The van der Waals surface area contributed by atoms with Gasteiger partial charge in [0.1, 0.15) is 17.4 Å². The molecule has 0 aromatic heterocycles. The Bertz CT molecular complexity index is 1190. The number of benzene rings is 2. The Balaban J connectivity index is 1.59. The van der Waals surface area contributed by atoms with Crippen LogP contribution in [0.3, 0.4) is 0 Å². The topological polar surface area (TPSA) is 123 Å². The van der Waals surface area contributed by atoms with Gasteiger partial charge in [-0.3, -0.25) is 4.79 Å². The third-order valence-corrected chi connectivity index (χ3v) is 7.09. The van der Waals surface area contributed by atoms with E-state index in [2.05, 4.69) is 5.32 Å². The third kappa shape index (κ3) is 5.33. The zero-order chi connectivity index (χ0) is 23.1. The van der Waals surface area contributed by atoms with Gasteiger partial charge in [-0.05, 0) is 60.4 Å². The number of rotatable bonds is 7. The first kappa shape index (κ1) is 23.0. The summed E-state index contributed by atoms with van der Waals surface area (Å²) in [6, 6.07) is 16.6. The molecule has 0 unspecified atom stereocenters. The van der Waals surface area contributed by atoms with Crippen LogP contribution in [0.2, 0.25) is 0 Å². The van der Waals surface area contributed by atoms with E-state index >= 15 is 0 Å². The molecule has 1 aliphatic heterocycles. The minimum Gasteiger partial charge on any atom is -0.497 e. The maximum Gasteiger partial charge on any atom is 0.261 e. The molecule has 0 radical (unpaired) electrons. The van der Waals surface area contributed by atoms with Crippen LogP contribution in [0.1, 0.15) is 17.5 Å². The predicted molar refractivity (Wildman–Crippen MR) is 118 cm³/mol. The van der Waals surface area contributed by atoms with Crippen molar-refractivity contribution < 1.29 is 17.9 Å². The molecule has 8 nitrogen and oxygen atoms in total. The summed E-state index contributed by atoms with van der Waals surface area (Å²) in [6.07, 6.45) is 2.09. The van der Waals surface area contributed by atoms with Crippen molar-refractivity contribution in [1.82, 2.24) is 9.62 Å². The summed E-state index contributed by atoms with van der Waals surface area (Å²) in [6.45, 7) is 0.877. The van der Waals surface area contributed by atoms with E-state index in [1.54, 1.807) is 31.4 Å². The van der Waals surface area contributed by atoms with E-state index in [1.807, 2.05) is 12.1 Å². The van der Waals surface area contributed by atoms with Crippen molar-refractivity contribution in [2.75, 3.05) is 26.7 Å². The summed E-state index contributed by atoms with van der Waals surface area (Å²) < 4.78 is 32.1. The molecule has 1 saturated heterocycles. The molecular formula is C23H22N4O4S. The van der Waals surface area contributed by atoms with E-state index in [-0.39, 0.29) is 29.5 Å². The number of nitrogens with one attached hydrogen (secondary N) is 1. The van der Waals surface area contributed by atoms with Gasteiger partial charge < -0.3 is 10.1 Å². The van der Waals surface area contributed by atoms with Gasteiger partial charge in [0.25, 0.3) is 5.91 Å². The van der Waals surface area contributed by atoms with Crippen molar-refractivity contribution in [3.63, 3.8) is 0 Å². The maximum atomic E-state index is 12.8. The average Bonchev–Trinajstić information content (AvgIpc) is 3.31. The number of carbonyl (C=O) groups excluding carboxylic acids is 1. The maximum absolute atomic E-state index is 12.8. The first-order chi connectivity index (χ1) is 15.4. The molecular weight excluding hydrogens is 428 g/mol. The zero-order valence-electron chi connectivity index (χ0n) is 17.5. The predicted octanol–water partition coefficient (Wildman–Crippen LogP) is 2.30. The second-order valence-corrected chi connectivity index (χ2v) is 9.24. The minimum atomic E-state index is -3.67. The monoisotopic (exact) mass is 450 g/mol. The quantitative estimate of drug-likeness (QED) is 0.510. The third-order valence-electron chi connectivity index (χ3n) is 5.21. The Hall–Kier alpha value is -3.66. The Labute approximate surface area is 187 Å². The molecule has 1 fully saturated rings. The highest BCUT2D eigenvalue weighted by Gasteiger charge is 2.32. The number of nitrogens with zero attached hydrogens (tertiary/aromatic N) is 3. The second-order valence-electron chi connectivity index (χ2n) is 7.31. The van der Waals surface area contributed by atoms with Gasteiger partial charge in [-0.2, -0.15) is 14.8 Å². The highest BCUT2D eigenvalue weighted by Crippen LogP contribution is 2.24. The van der Waals surface area contributed by atoms with E-state index < -0.39 is 15.9 Å². The molecule has 1 aliphatic rings. The fourth-order valence-electron chi connectivity index (χ4n) is 3.38. The van der Waals surface area contributed by atoms with Crippen molar-refractivity contribution >= 4 is 22.0 Å². The standard InChI is InChI=1S/C23H22N4O4S/c1-31-21-6-2-17(3-7-21)12-20(14-25)23(28)26-15-19-10-11-27(16-19)32(29,30)22-8-4-18(13-24)5-9-22/h2-9,12,19H,10-11,15-16H2,1H3,(H,26,28)/b20-12+/t19-/m1/s1. The molecule has 1 heterocycles. The lowest BCUT2D eigenvalue weighted by atomic mass is 10.1. The van der Waals surface area contributed by atoms with Crippen LogP contribution in [0.5, 0.6) is 5.75 Å². The highest BCUT2D eigenvalue weighted by molar-refractivity contribution is 7.89. The summed E-state index contributed by atoms with van der Waals surface area (Å²) in [5.74, 6) is 0.108. The van der Waals surface area contributed by atoms with Gasteiger partial charge in [0.15, 0.2) is 0 Å². The molecule has 9 heteroatoms. The van der Waals surface area contributed by atoms with Crippen LogP contribution in [0.15, 0.2) is 59.0 Å². The Morgan fingerprint density at radius 2 is 1.88 bits per heavy atom. The number of hydrogen-bond donors (Lipinski definition) is 1. The van der Waals surface area contributed by atoms with Gasteiger partial charge in [0.05, 0.1) is 23.6 Å². The van der Waals surface area contributed by atoms with Crippen molar-refractivity contribution in [2.24, 2.45) is 5.92 Å². The summed E-state index contributed by atoms with van der Waals surface area (Å²) in [7, 11) is -2.11. The van der Waals surface area contributed by atoms with E-state index in [9.17, 15) is 18.5 Å². The van der Waals surface area contributed by atoms with Gasteiger partial charge in [0, 0.05) is 19.6 Å². The molecule has 1 N–H and O–H groups in total. The summed E-state index contributed by atoms with van der Waals surface area (Å²) in [5, 5.41) is 21.0. The first-order valence-electron chi connectivity index (χ1n) is 9.91. The second kappa shape index (κ2) is 10.1. The van der Waals surface area contributed by atoms with E-state index in [0.717, 1.165) is 0 Å². The number of carbonyl (C=O) groups is 1. The van der Waals surface area contributed by atoms with Crippen LogP contribution in [-0.2, 0) is 14.8 Å². The van der Waals surface area contributed by atoms with E-state index in [1.165, 1.54) is 34.6 Å². The number of nitriles is 2. The van der Waals surface area contributed by atoms with Gasteiger partial charge in [0.2, 0.25) is 10.0 Å². The molecule has 1 atom stereocenters. The molecule has 32 heavy (non-hydrogen) atoms. The first-order valence-corrected chi connectivity index (χ1v) is 11.4. The Morgan fingerprint density at radius 1 is 1.19 bits per heavy atom. The number of hydrogen-bond acceptors (Lipinski definition) is 6. The normalized spacial score (nSPS) is 16.7. The van der Waals surface area contributed by atoms with Crippen LogP contribution in [0, 0.1) is 28.6 Å². The number of sulfonamides is 1. The van der Waals surface area contributed by atoms with Gasteiger partial charge in [-0.1, -0.05) is 12.1 Å². The van der Waals surface area contributed by atoms with Gasteiger partial charge >= 0.3 is 0 Å². The van der Waals surface area contributed by atoms with Crippen molar-refractivity contribution in [1.29, 1.82) is 10.5 Å². The van der Waals surface area contributed by atoms with Crippen LogP contribution in [-0.4, -0.2) is 45.4 Å². The van der Waals surface area contributed by atoms with Gasteiger partial charge in [-0.15, -0.1) is 0 Å². The fourth-order valence-corrected chi connectivity index (χ4v) is 4.91. The number of methoxy groups -OCH3 is 1. The van der Waals surface area contributed by atoms with Crippen molar-refractivity contribution in [3.05, 3.63) is 65.2 Å². The van der Waals surface area contributed by atoms with Crippen LogP contribution >= 0.6 is 0 Å². The molecule has 2 aromatic carbocycles. The summed E-state index contributed by atoms with van der Waals surface area (Å²) in [5.41, 5.74) is 1.05. The van der Waals surface area contributed by atoms with Crippen molar-refractivity contribution in [2.45, 2.75) is 11.3 Å².